The summed E-state index contributed by atoms with van der Waals surface area (Å²) in [5.74, 6) is -0.499. The zero-order valence-corrected chi connectivity index (χ0v) is 16.5. The molecular formula is C21H25F3N4O. The summed E-state index contributed by atoms with van der Waals surface area (Å²) < 4.78 is 40.2. The number of likely N-dealkylation sites (N-methyl/N-ethyl adjacent to an activating group) is 1. The number of carbonyl (C=O) groups is 1. The predicted octanol–water partition coefficient (Wildman–Crippen LogP) is 3.60. The van der Waals surface area contributed by atoms with Gasteiger partial charge >= 0.3 is 6.18 Å². The standard InChI is InChI=1S/C21H25F3N4O/c1-14-3-4-16(11-19(14)25)20(29)26-18-10-15(9-17(12-18)21(22,23)24)13-28-7-5-27(2)6-8-28/h3-4,9-12H,5-8,13,25H2,1-2H3,(H,26,29). The van der Waals surface area contributed by atoms with Gasteiger partial charge in [-0.15, -0.1) is 0 Å². The molecule has 0 unspecified atom stereocenters. The number of hydrogen-bond acceptors (Lipinski definition) is 4. The zero-order chi connectivity index (χ0) is 21.2. The number of halogens is 3. The van der Waals surface area contributed by atoms with Crippen molar-refractivity contribution in [2.24, 2.45) is 0 Å². The van der Waals surface area contributed by atoms with Crippen molar-refractivity contribution >= 4 is 17.3 Å². The minimum Gasteiger partial charge on any atom is -0.398 e. The number of hydrogen-bond donors (Lipinski definition) is 2. The van der Waals surface area contributed by atoms with Gasteiger partial charge in [0.25, 0.3) is 5.91 Å². The van der Waals surface area contributed by atoms with Crippen LogP contribution in [0.25, 0.3) is 0 Å². The molecule has 0 radical (unpaired) electrons. The third-order valence-corrected chi connectivity index (χ3v) is 5.12. The molecule has 3 N–H and O–H groups in total. The molecule has 0 spiro atoms. The molecule has 1 saturated heterocycles. The van der Waals surface area contributed by atoms with E-state index in [-0.39, 0.29) is 5.69 Å². The summed E-state index contributed by atoms with van der Waals surface area (Å²) in [7, 11) is 2.02. The molecular weight excluding hydrogens is 381 g/mol. The second-order valence-corrected chi connectivity index (χ2v) is 7.52. The first kappa shape index (κ1) is 21.1. The molecule has 1 aliphatic rings. The lowest BCUT2D eigenvalue weighted by Gasteiger charge is -2.32. The van der Waals surface area contributed by atoms with Crippen LogP contribution in [0.15, 0.2) is 36.4 Å². The summed E-state index contributed by atoms with van der Waals surface area (Å²) in [6.45, 7) is 5.54. The Labute approximate surface area is 168 Å². The van der Waals surface area contributed by atoms with Crippen LogP contribution in [0.1, 0.15) is 27.0 Å². The fourth-order valence-corrected chi connectivity index (χ4v) is 3.27. The lowest BCUT2D eigenvalue weighted by molar-refractivity contribution is -0.137. The summed E-state index contributed by atoms with van der Waals surface area (Å²) in [5.41, 5.74) is 7.28. The van der Waals surface area contributed by atoms with E-state index in [0.717, 1.165) is 43.9 Å². The van der Waals surface area contributed by atoms with Gasteiger partial charge in [-0.3, -0.25) is 9.69 Å². The van der Waals surface area contributed by atoms with E-state index in [1.54, 1.807) is 18.2 Å². The van der Waals surface area contributed by atoms with E-state index in [0.29, 0.717) is 23.4 Å². The molecule has 0 atom stereocenters. The predicted molar refractivity (Wildman–Crippen MR) is 108 cm³/mol. The number of amides is 1. The van der Waals surface area contributed by atoms with Gasteiger partial charge in [0.15, 0.2) is 0 Å². The minimum atomic E-state index is -4.49. The highest BCUT2D eigenvalue weighted by Gasteiger charge is 2.31. The van der Waals surface area contributed by atoms with Gasteiger partial charge in [-0.1, -0.05) is 6.07 Å². The van der Waals surface area contributed by atoms with E-state index in [1.165, 1.54) is 6.07 Å². The number of nitrogens with zero attached hydrogens (tertiary/aromatic N) is 2. The number of rotatable bonds is 4. The van der Waals surface area contributed by atoms with Gasteiger partial charge in [0.05, 0.1) is 5.56 Å². The maximum absolute atomic E-state index is 13.4. The molecule has 0 aromatic heterocycles. The normalized spacial score (nSPS) is 16.0. The van der Waals surface area contributed by atoms with E-state index in [1.807, 2.05) is 14.0 Å². The Morgan fingerprint density at radius 2 is 1.79 bits per heavy atom. The molecule has 1 amide bonds. The van der Waals surface area contributed by atoms with Crippen molar-refractivity contribution < 1.29 is 18.0 Å². The van der Waals surface area contributed by atoms with Gasteiger partial charge in [-0.2, -0.15) is 13.2 Å². The van der Waals surface area contributed by atoms with Crippen molar-refractivity contribution in [1.29, 1.82) is 0 Å². The topological polar surface area (TPSA) is 61.6 Å². The van der Waals surface area contributed by atoms with Crippen LogP contribution < -0.4 is 11.1 Å². The molecule has 0 saturated carbocycles. The fourth-order valence-electron chi connectivity index (χ4n) is 3.27. The SMILES string of the molecule is Cc1ccc(C(=O)Nc2cc(CN3CCN(C)CC3)cc(C(F)(F)F)c2)cc1N. The molecule has 5 nitrogen and oxygen atoms in total. The molecule has 2 aromatic rings. The van der Waals surface area contributed by atoms with Crippen LogP contribution in [0.4, 0.5) is 24.5 Å². The average molecular weight is 406 g/mol. The van der Waals surface area contributed by atoms with Crippen LogP contribution in [0.2, 0.25) is 0 Å². The van der Waals surface area contributed by atoms with Crippen molar-refractivity contribution in [2.75, 3.05) is 44.3 Å². The number of nitrogens with one attached hydrogen (secondary N) is 1. The molecule has 8 heteroatoms. The van der Waals surface area contributed by atoms with Crippen molar-refractivity contribution in [3.63, 3.8) is 0 Å². The van der Waals surface area contributed by atoms with Crippen LogP contribution in [-0.2, 0) is 12.7 Å². The molecule has 1 heterocycles. The summed E-state index contributed by atoms with van der Waals surface area (Å²) in [5, 5.41) is 2.58. The first-order valence-corrected chi connectivity index (χ1v) is 9.41. The van der Waals surface area contributed by atoms with Gasteiger partial charge in [-0.25, -0.2) is 0 Å². The number of alkyl halides is 3. The molecule has 156 valence electrons. The Hall–Kier alpha value is -2.58. The van der Waals surface area contributed by atoms with Crippen LogP contribution in [0.5, 0.6) is 0 Å². The Morgan fingerprint density at radius 3 is 2.41 bits per heavy atom. The van der Waals surface area contributed by atoms with Gasteiger partial charge < -0.3 is 16.0 Å². The number of anilines is 2. The molecule has 2 aromatic carbocycles. The monoisotopic (exact) mass is 406 g/mol. The van der Waals surface area contributed by atoms with Gasteiger partial charge in [0, 0.05) is 49.7 Å². The quantitative estimate of drug-likeness (QED) is 0.762. The number of piperazine rings is 1. The minimum absolute atomic E-state index is 0.119. The van der Waals surface area contributed by atoms with Crippen LogP contribution >= 0.6 is 0 Å². The van der Waals surface area contributed by atoms with Gasteiger partial charge in [0.1, 0.15) is 0 Å². The maximum atomic E-state index is 13.4. The molecule has 1 aliphatic heterocycles. The van der Waals surface area contributed by atoms with E-state index >= 15 is 0 Å². The maximum Gasteiger partial charge on any atom is 0.416 e. The summed E-state index contributed by atoms with van der Waals surface area (Å²) >= 11 is 0. The Balaban J connectivity index is 1.83. The Kier molecular flexibility index (Phi) is 6.14. The lowest BCUT2D eigenvalue weighted by Crippen LogP contribution is -2.43. The van der Waals surface area contributed by atoms with E-state index in [2.05, 4.69) is 15.1 Å². The van der Waals surface area contributed by atoms with Gasteiger partial charge in [0.2, 0.25) is 0 Å². The first-order valence-electron chi connectivity index (χ1n) is 9.41. The first-order chi connectivity index (χ1) is 13.6. The van der Waals surface area contributed by atoms with E-state index in [9.17, 15) is 18.0 Å². The highest BCUT2D eigenvalue weighted by Crippen LogP contribution is 2.32. The van der Waals surface area contributed by atoms with Crippen molar-refractivity contribution in [2.45, 2.75) is 19.6 Å². The smallest absolute Gasteiger partial charge is 0.398 e. The number of aryl methyl sites for hydroxylation is 1. The van der Waals surface area contributed by atoms with Gasteiger partial charge in [-0.05, 0) is 55.4 Å². The summed E-state index contributed by atoms with van der Waals surface area (Å²) in [6, 6.07) is 8.53. The third kappa shape index (κ3) is 5.48. The van der Waals surface area contributed by atoms with E-state index < -0.39 is 17.6 Å². The zero-order valence-electron chi connectivity index (χ0n) is 16.5. The largest absolute Gasteiger partial charge is 0.416 e. The Morgan fingerprint density at radius 1 is 1.10 bits per heavy atom. The van der Waals surface area contributed by atoms with Crippen LogP contribution in [0.3, 0.4) is 0 Å². The Bertz CT molecular complexity index is 890. The molecule has 3 rings (SSSR count). The highest BCUT2D eigenvalue weighted by atomic mass is 19.4. The van der Waals surface area contributed by atoms with Crippen molar-refractivity contribution in [3.8, 4) is 0 Å². The molecule has 0 bridgehead atoms. The fraction of sp³-hybridized carbons (Fsp3) is 0.381. The van der Waals surface area contributed by atoms with Crippen LogP contribution in [-0.4, -0.2) is 48.9 Å². The summed E-state index contributed by atoms with van der Waals surface area (Å²) in [6.07, 6.45) is -4.49. The number of nitrogen functional groups attached to an aromatic ring is 1. The highest BCUT2D eigenvalue weighted by molar-refractivity contribution is 6.05. The summed E-state index contributed by atoms with van der Waals surface area (Å²) in [4.78, 5) is 16.8. The molecule has 29 heavy (non-hydrogen) atoms. The van der Waals surface area contributed by atoms with Crippen LogP contribution in [0, 0.1) is 6.92 Å². The number of carbonyl (C=O) groups excluding carboxylic acids is 1. The van der Waals surface area contributed by atoms with E-state index in [4.69, 9.17) is 5.73 Å². The average Bonchev–Trinajstić information content (AvgIpc) is 2.65. The van der Waals surface area contributed by atoms with Crippen molar-refractivity contribution in [3.05, 3.63) is 58.7 Å². The molecule has 1 fully saturated rings. The number of benzene rings is 2. The second kappa shape index (κ2) is 8.42. The second-order valence-electron chi connectivity index (χ2n) is 7.52. The van der Waals surface area contributed by atoms with Crippen molar-refractivity contribution in [1.82, 2.24) is 9.80 Å². The number of nitrogens with two attached hydrogens (primary N) is 1. The lowest BCUT2D eigenvalue weighted by atomic mass is 10.1. The third-order valence-electron chi connectivity index (χ3n) is 5.12. The molecule has 0 aliphatic carbocycles.